The summed E-state index contributed by atoms with van der Waals surface area (Å²) in [5.41, 5.74) is 0. The average Bonchev–Trinajstić information content (AvgIpc) is 3.02. The largest absolute Gasteiger partial charge is 0.491 e. The highest BCUT2D eigenvalue weighted by molar-refractivity contribution is 9.11. The summed E-state index contributed by atoms with van der Waals surface area (Å²) in [5, 5.41) is -0.106. The molecule has 102 valence electrons. The molecule has 0 spiro atoms. The molecule has 19 heavy (non-hydrogen) atoms. The third kappa shape index (κ3) is 2.05. The van der Waals surface area contributed by atoms with Crippen molar-refractivity contribution in [1.82, 2.24) is 0 Å². The van der Waals surface area contributed by atoms with Crippen LogP contribution in [-0.2, 0) is 9.47 Å². The predicted octanol–water partition coefficient (Wildman–Crippen LogP) is 3.60. The Morgan fingerprint density at radius 1 is 1.63 bits per heavy atom. The number of hydrogen-bond acceptors (Lipinski definition) is 2. The summed E-state index contributed by atoms with van der Waals surface area (Å²) in [7, 11) is 0. The Bertz CT molecular complexity index is 477. The maximum absolute atomic E-state index is 6.51. The summed E-state index contributed by atoms with van der Waals surface area (Å²) in [6.45, 7) is 2.11. The Kier molecular flexibility index (Phi) is 3.68. The summed E-state index contributed by atoms with van der Waals surface area (Å²) in [6.07, 6.45) is 11.3. The van der Waals surface area contributed by atoms with Crippen molar-refractivity contribution in [2.45, 2.75) is 43.5 Å². The molecule has 3 fully saturated rings. The van der Waals surface area contributed by atoms with E-state index in [4.69, 9.17) is 27.5 Å². The Hall–Kier alpha value is -0.430. The van der Waals surface area contributed by atoms with E-state index in [1.54, 1.807) is 6.08 Å². The maximum Gasteiger partial charge on any atom is 0.128 e. The second-order valence-corrected chi connectivity index (χ2v) is 6.69. The van der Waals surface area contributed by atoms with Crippen LogP contribution in [0.1, 0.15) is 19.8 Å². The van der Waals surface area contributed by atoms with Gasteiger partial charge in [-0.2, -0.15) is 0 Å². The molecule has 0 aromatic heterocycles. The fourth-order valence-corrected chi connectivity index (χ4v) is 4.25. The number of fused-ring (bicyclic) bond motifs is 1. The van der Waals surface area contributed by atoms with Gasteiger partial charge >= 0.3 is 0 Å². The highest BCUT2D eigenvalue weighted by Crippen LogP contribution is 2.56. The van der Waals surface area contributed by atoms with Gasteiger partial charge in [-0.3, -0.25) is 0 Å². The van der Waals surface area contributed by atoms with Crippen molar-refractivity contribution in [2.24, 2.45) is 11.8 Å². The van der Waals surface area contributed by atoms with E-state index in [2.05, 4.69) is 28.8 Å². The standard InChI is InChI=1S/C15H16BrClO2/c1-3-5-6-9(17)12-10-7-11-15(18-10)13(12)14(19-11)8(16)4-2/h1,5-6,9-13,15H,4,7H2,2H3/b6-5+,14-8-/t9-,10-,11-,12+,13-,15+/m1/s1. The van der Waals surface area contributed by atoms with E-state index >= 15 is 0 Å². The summed E-state index contributed by atoms with van der Waals surface area (Å²) >= 11 is 10.1. The summed E-state index contributed by atoms with van der Waals surface area (Å²) in [5.74, 6) is 4.06. The van der Waals surface area contributed by atoms with Crippen LogP contribution in [0.15, 0.2) is 22.4 Å². The van der Waals surface area contributed by atoms with Crippen LogP contribution in [0.2, 0.25) is 0 Å². The molecule has 3 aliphatic rings. The first-order valence-corrected chi connectivity index (χ1v) is 7.87. The SMILES string of the molecule is C#C/C=C/[C@@H](Cl)[C@@H]1[C@@H]2/C(=C(/Br)CC)O[C@@H]3C[C@H]1O[C@H]23. The van der Waals surface area contributed by atoms with Gasteiger partial charge in [-0.15, -0.1) is 18.0 Å². The lowest BCUT2D eigenvalue weighted by Crippen LogP contribution is -2.34. The minimum absolute atomic E-state index is 0.106. The van der Waals surface area contributed by atoms with Crippen LogP contribution in [0.25, 0.3) is 0 Å². The van der Waals surface area contributed by atoms with Gasteiger partial charge in [0.15, 0.2) is 0 Å². The Morgan fingerprint density at radius 2 is 2.42 bits per heavy atom. The maximum atomic E-state index is 6.51. The lowest BCUT2D eigenvalue weighted by Gasteiger charge is -2.25. The minimum atomic E-state index is -0.106. The molecule has 6 atom stereocenters. The number of allylic oxidation sites excluding steroid dienone is 3. The van der Waals surface area contributed by atoms with Gasteiger partial charge in [0.25, 0.3) is 0 Å². The van der Waals surface area contributed by atoms with E-state index in [1.165, 1.54) is 0 Å². The molecule has 2 bridgehead atoms. The molecule has 3 saturated heterocycles. The zero-order valence-corrected chi connectivity index (χ0v) is 13.0. The number of rotatable bonds is 3. The van der Waals surface area contributed by atoms with Crippen LogP contribution in [0.5, 0.6) is 0 Å². The summed E-state index contributed by atoms with van der Waals surface area (Å²) < 4.78 is 13.2. The molecule has 2 nitrogen and oxygen atoms in total. The molecule has 3 aliphatic heterocycles. The van der Waals surface area contributed by atoms with E-state index in [1.807, 2.05) is 6.08 Å². The molecule has 0 radical (unpaired) electrons. The second kappa shape index (κ2) is 5.16. The topological polar surface area (TPSA) is 18.5 Å². The number of ether oxygens (including phenoxy) is 2. The molecule has 3 rings (SSSR count). The van der Waals surface area contributed by atoms with Gasteiger partial charge in [0, 0.05) is 16.8 Å². The molecule has 0 aromatic rings. The lowest BCUT2D eigenvalue weighted by molar-refractivity contribution is 0.0690. The summed E-state index contributed by atoms with van der Waals surface area (Å²) in [6, 6.07) is 0. The molecule has 0 saturated carbocycles. The Balaban J connectivity index is 1.91. The van der Waals surface area contributed by atoms with Crippen LogP contribution in [-0.4, -0.2) is 23.7 Å². The normalized spacial score (nSPS) is 43.4. The smallest absolute Gasteiger partial charge is 0.128 e. The van der Waals surface area contributed by atoms with Crippen LogP contribution >= 0.6 is 27.5 Å². The first-order valence-electron chi connectivity index (χ1n) is 6.64. The molecule has 0 aliphatic carbocycles. The zero-order valence-electron chi connectivity index (χ0n) is 10.7. The van der Waals surface area contributed by atoms with Crippen LogP contribution in [0, 0.1) is 24.2 Å². The average molecular weight is 344 g/mol. The van der Waals surface area contributed by atoms with Crippen LogP contribution in [0.3, 0.4) is 0 Å². The molecule has 0 amide bonds. The third-order valence-corrected chi connectivity index (χ3v) is 5.65. The number of hydrogen-bond donors (Lipinski definition) is 0. The van der Waals surface area contributed by atoms with Crippen molar-refractivity contribution in [2.75, 3.05) is 0 Å². The van der Waals surface area contributed by atoms with Gasteiger partial charge in [0.1, 0.15) is 18.0 Å². The third-order valence-electron chi connectivity index (χ3n) is 4.26. The number of terminal acetylenes is 1. The first-order chi connectivity index (χ1) is 9.17. The predicted molar refractivity (Wildman–Crippen MR) is 79.0 cm³/mol. The van der Waals surface area contributed by atoms with Crippen molar-refractivity contribution in [3.8, 4) is 12.3 Å². The van der Waals surface area contributed by atoms with Crippen LogP contribution < -0.4 is 0 Å². The molecular weight excluding hydrogens is 328 g/mol. The van der Waals surface area contributed by atoms with Crippen molar-refractivity contribution in [3.63, 3.8) is 0 Å². The van der Waals surface area contributed by atoms with Crippen molar-refractivity contribution in [1.29, 1.82) is 0 Å². The molecule has 3 heterocycles. The minimum Gasteiger partial charge on any atom is -0.491 e. The van der Waals surface area contributed by atoms with Crippen molar-refractivity contribution < 1.29 is 9.47 Å². The monoisotopic (exact) mass is 342 g/mol. The van der Waals surface area contributed by atoms with Gasteiger partial charge in [-0.25, -0.2) is 0 Å². The van der Waals surface area contributed by atoms with Gasteiger partial charge < -0.3 is 9.47 Å². The highest BCUT2D eigenvalue weighted by Gasteiger charge is 2.63. The van der Waals surface area contributed by atoms with Crippen LogP contribution in [0.4, 0.5) is 0 Å². The fraction of sp³-hybridized carbons (Fsp3) is 0.600. The zero-order chi connectivity index (χ0) is 13.6. The van der Waals surface area contributed by atoms with E-state index in [9.17, 15) is 0 Å². The van der Waals surface area contributed by atoms with E-state index < -0.39 is 0 Å². The molecule has 0 unspecified atom stereocenters. The Labute approximate surface area is 127 Å². The highest BCUT2D eigenvalue weighted by atomic mass is 79.9. The molecule has 0 N–H and O–H groups in total. The van der Waals surface area contributed by atoms with Gasteiger partial charge in [0.05, 0.1) is 17.4 Å². The second-order valence-electron chi connectivity index (χ2n) is 5.23. The lowest BCUT2D eigenvalue weighted by atomic mass is 9.77. The van der Waals surface area contributed by atoms with E-state index in [0.717, 1.165) is 23.1 Å². The Morgan fingerprint density at radius 3 is 3.11 bits per heavy atom. The molecule has 4 heteroatoms. The first kappa shape index (κ1) is 13.5. The van der Waals surface area contributed by atoms with Crippen molar-refractivity contribution >= 4 is 27.5 Å². The molecular formula is C15H16BrClO2. The quantitative estimate of drug-likeness (QED) is 0.576. The fourth-order valence-electron chi connectivity index (χ4n) is 3.50. The van der Waals surface area contributed by atoms with Gasteiger partial charge in [0.2, 0.25) is 0 Å². The number of alkyl halides is 1. The van der Waals surface area contributed by atoms with E-state index in [0.29, 0.717) is 0 Å². The van der Waals surface area contributed by atoms with Gasteiger partial charge in [-0.05, 0) is 12.5 Å². The van der Waals surface area contributed by atoms with Gasteiger partial charge in [-0.1, -0.05) is 34.9 Å². The summed E-state index contributed by atoms with van der Waals surface area (Å²) in [4.78, 5) is 0. The number of halogens is 2. The molecule has 0 aromatic carbocycles. The van der Waals surface area contributed by atoms with Crippen molar-refractivity contribution in [3.05, 3.63) is 22.4 Å². The van der Waals surface area contributed by atoms with E-state index in [-0.39, 0.29) is 35.5 Å².